The molecule has 0 aromatic heterocycles. The van der Waals surface area contributed by atoms with E-state index in [0.29, 0.717) is 6.61 Å². The molecule has 0 saturated heterocycles. The number of hydrogen-bond acceptors (Lipinski definition) is 2. The molecule has 0 N–H and O–H groups in total. The van der Waals surface area contributed by atoms with Crippen LogP contribution < -0.4 is 9.47 Å². The topological polar surface area (TPSA) is 18.5 Å². The highest BCUT2D eigenvalue weighted by molar-refractivity contribution is 5.31. The maximum absolute atomic E-state index is 5.50. The fourth-order valence-corrected chi connectivity index (χ4v) is 1.13. The Labute approximate surface area is 96.9 Å². The highest BCUT2D eigenvalue weighted by Gasteiger charge is 1.92. The number of benzene rings is 1. The smallest absolute Gasteiger partial charge is 0.120 e. The van der Waals surface area contributed by atoms with E-state index in [2.05, 4.69) is 11.8 Å². The largest absolute Gasteiger partial charge is 0.497 e. The molecule has 0 unspecified atom stereocenters. The summed E-state index contributed by atoms with van der Waals surface area (Å²) >= 11 is 0. The van der Waals surface area contributed by atoms with Crippen molar-refractivity contribution in [3.8, 4) is 23.3 Å². The number of ether oxygens (including phenoxy) is 2. The summed E-state index contributed by atoms with van der Waals surface area (Å²) in [5.74, 6) is 7.46. The van der Waals surface area contributed by atoms with E-state index >= 15 is 0 Å². The van der Waals surface area contributed by atoms with E-state index in [4.69, 9.17) is 9.47 Å². The quantitative estimate of drug-likeness (QED) is 0.556. The molecular weight excluding hydrogens is 200 g/mol. The van der Waals surface area contributed by atoms with E-state index in [0.717, 1.165) is 17.9 Å². The molecule has 84 valence electrons. The second-order valence-electron chi connectivity index (χ2n) is 3.09. The SMILES string of the molecule is CC#CC/C=C/COc1ccc(OC)cc1. The summed E-state index contributed by atoms with van der Waals surface area (Å²) in [6.45, 7) is 2.40. The summed E-state index contributed by atoms with van der Waals surface area (Å²) in [6, 6.07) is 7.53. The lowest BCUT2D eigenvalue weighted by Crippen LogP contribution is -1.93. The van der Waals surface area contributed by atoms with Gasteiger partial charge in [-0.2, -0.15) is 0 Å². The van der Waals surface area contributed by atoms with Crippen LogP contribution >= 0.6 is 0 Å². The van der Waals surface area contributed by atoms with Gasteiger partial charge in [0.05, 0.1) is 7.11 Å². The Kier molecular flexibility index (Phi) is 5.65. The Morgan fingerprint density at radius 3 is 2.44 bits per heavy atom. The monoisotopic (exact) mass is 216 g/mol. The van der Waals surface area contributed by atoms with Crippen molar-refractivity contribution in [3.05, 3.63) is 36.4 Å². The molecule has 0 fully saturated rings. The van der Waals surface area contributed by atoms with Gasteiger partial charge in [0, 0.05) is 6.42 Å². The average molecular weight is 216 g/mol. The van der Waals surface area contributed by atoms with E-state index in [-0.39, 0.29) is 0 Å². The van der Waals surface area contributed by atoms with Crippen LogP contribution in [0.2, 0.25) is 0 Å². The second-order valence-corrected chi connectivity index (χ2v) is 3.09. The number of rotatable bonds is 5. The molecule has 0 radical (unpaired) electrons. The van der Waals surface area contributed by atoms with Gasteiger partial charge in [0.25, 0.3) is 0 Å². The molecule has 0 atom stereocenters. The predicted octanol–water partition coefficient (Wildman–Crippen LogP) is 3.04. The first-order valence-electron chi connectivity index (χ1n) is 5.18. The van der Waals surface area contributed by atoms with Crippen LogP contribution in [0.4, 0.5) is 0 Å². The van der Waals surface area contributed by atoms with Crippen molar-refractivity contribution in [1.82, 2.24) is 0 Å². The molecule has 2 heteroatoms. The number of allylic oxidation sites excluding steroid dienone is 1. The van der Waals surface area contributed by atoms with Crippen LogP contribution in [-0.2, 0) is 0 Å². The Bertz CT molecular complexity index is 379. The molecule has 0 aliphatic carbocycles. The van der Waals surface area contributed by atoms with Crippen LogP contribution in [0.15, 0.2) is 36.4 Å². The molecule has 0 aliphatic heterocycles. The first-order valence-corrected chi connectivity index (χ1v) is 5.18. The van der Waals surface area contributed by atoms with Gasteiger partial charge in [-0.1, -0.05) is 18.1 Å². The third-order valence-electron chi connectivity index (χ3n) is 1.97. The lowest BCUT2D eigenvalue weighted by molar-refractivity contribution is 0.360. The van der Waals surface area contributed by atoms with Crippen molar-refractivity contribution in [2.24, 2.45) is 0 Å². The highest BCUT2D eigenvalue weighted by Crippen LogP contribution is 2.16. The molecule has 1 aromatic carbocycles. The molecule has 0 amide bonds. The van der Waals surface area contributed by atoms with Crippen LogP contribution in [0, 0.1) is 11.8 Å². The molecule has 0 spiro atoms. The molecule has 0 saturated carbocycles. The van der Waals surface area contributed by atoms with E-state index in [1.807, 2.05) is 43.3 Å². The Morgan fingerprint density at radius 2 is 1.81 bits per heavy atom. The first kappa shape index (κ1) is 12.2. The molecule has 16 heavy (non-hydrogen) atoms. The average Bonchev–Trinajstić information content (AvgIpc) is 2.34. The molecule has 2 nitrogen and oxygen atoms in total. The summed E-state index contributed by atoms with van der Waals surface area (Å²) in [5, 5.41) is 0. The van der Waals surface area contributed by atoms with E-state index in [1.165, 1.54) is 0 Å². The zero-order valence-corrected chi connectivity index (χ0v) is 9.69. The Hall–Kier alpha value is -1.88. The van der Waals surface area contributed by atoms with Gasteiger partial charge >= 0.3 is 0 Å². The van der Waals surface area contributed by atoms with Crippen molar-refractivity contribution >= 4 is 0 Å². The van der Waals surface area contributed by atoms with Crippen LogP contribution in [0.25, 0.3) is 0 Å². The third kappa shape index (κ3) is 4.56. The Balaban J connectivity index is 2.30. The summed E-state index contributed by atoms with van der Waals surface area (Å²) in [7, 11) is 1.65. The van der Waals surface area contributed by atoms with Crippen LogP contribution in [0.1, 0.15) is 13.3 Å². The molecule has 1 rings (SSSR count). The standard InChI is InChI=1S/C14H16O2/c1-3-4-5-6-7-12-16-14-10-8-13(15-2)9-11-14/h6-11H,5,12H2,1-2H3/b7-6+. The van der Waals surface area contributed by atoms with Gasteiger partial charge in [0.2, 0.25) is 0 Å². The van der Waals surface area contributed by atoms with Crippen LogP contribution in [-0.4, -0.2) is 13.7 Å². The van der Waals surface area contributed by atoms with E-state index in [9.17, 15) is 0 Å². The summed E-state index contributed by atoms with van der Waals surface area (Å²) in [4.78, 5) is 0. The number of methoxy groups -OCH3 is 1. The van der Waals surface area contributed by atoms with Gasteiger partial charge in [-0.05, 0) is 31.2 Å². The van der Waals surface area contributed by atoms with Crippen LogP contribution in [0.3, 0.4) is 0 Å². The van der Waals surface area contributed by atoms with Gasteiger partial charge < -0.3 is 9.47 Å². The van der Waals surface area contributed by atoms with Gasteiger partial charge in [-0.15, -0.1) is 5.92 Å². The minimum Gasteiger partial charge on any atom is -0.497 e. The second kappa shape index (κ2) is 7.42. The Morgan fingerprint density at radius 1 is 1.12 bits per heavy atom. The van der Waals surface area contributed by atoms with E-state index in [1.54, 1.807) is 7.11 Å². The van der Waals surface area contributed by atoms with Crippen molar-refractivity contribution < 1.29 is 9.47 Å². The van der Waals surface area contributed by atoms with E-state index < -0.39 is 0 Å². The lowest BCUT2D eigenvalue weighted by atomic mass is 10.3. The molecule has 0 aliphatic rings. The van der Waals surface area contributed by atoms with Crippen LogP contribution in [0.5, 0.6) is 11.5 Å². The maximum atomic E-state index is 5.50. The predicted molar refractivity (Wildman–Crippen MR) is 65.7 cm³/mol. The number of hydrogen-bond donors (Lipinski definition) is 0. The van der Waals surface area contributed by atoms with Gasteiger partial charge in [-0.25, -0.2) is 0 Å². The fourth-order valence-electron chi connectivity index (χ4n) is 1.13. The van der Waals surface area contributed by atoms with Gasteiger partial charge in [-0.3, -0.25) is 0 Å². The fraction of sp³-hybridized carbons (Fsp3) is 0.286. The van der Waals surface area contributed by atoms with Crippen molar-refractivity contribution in [2.45, 2.75) is 13.3 Å². The van der Waals surface area contributed by atoms with Gasteiger partial charge in [0.1, 0.15) is 18.1 Å². The summed E-state index contributed by atoms with van der Waals surface area (Å²) < 4.78 is 10.5. The molecule has 0 bridgehead atoms. The minimum atomic E-state index is 0.567. The molecule has 1 aromatic rings. The third-order valence-corrected chi connectivity index (χ3v) is 1.97. The molecular formula is C14H16O2. The zero-order chi connectivity index (χ0) is 11.6. The van der Waals surface area contributed by atoms with Crippen molar-refractivity contribution in [3.63, 3.8) is 0 Å². The first-order chi connectivity index (χ1) is 7.86. The lowest BCUT2D eigenvalue weighted by Gasteiger charge is -2.03. The maximum Gasteiger partial charge on any atom is 0.120 e. The minimum absolute atomic E-state index is 0.567. The van der Waals surface area contributed by atoms with Crippen molar-refractivity contribution in [2.75, 3.05) is 13.7 Å². The molecule has 0 heterocycles. The summed E-state index contributed by atoms with van der Waals surface area (Å²) in [5.41, 5.74) is 0. The van der Waals surface area contributed by atoms with Crippen molar-refractivity contribution in [1.29, 1.82) is 0 Å². The van der Waals surface area contributed by atoms with Gasteiger partial charge in [0.15, 0.2) is 0 Å². The normalized spacial score (nSPS) is 9.62. The summed E-state index contributed by atoms with van der Waals surface area (Å²) in [6.07, 6.45) is 4.75. The highest BCUT2D eigenvalue weighted by atomic mass is 16.5. The zero-order valence-electron chi connectivity index (χ0n) is 9.69.